The largest absolute Gasteiger partial charge is 0.504 e. The fourth-order valence-electron chi connectivity index (χ4n) is 1.94. The number of phenolic OH excluding ortho intramolecular Hbond substituents is 1. The molecule has 0 bridgehead atoms. The summed E-state index contributed by atoms with van der Waals surface area (Å²) >= 11 is 3.25. The van der Waals surface area contributed by atoms with Crippen molar-refractivity contribution >= 4 is 27.8 Å². The summed E-state index contributed by atoms with van der Waals surface area (Å²) in [5.41, 5.74) is -0.0972. The van der Waals surface area contributed by atoms with Crippen molar-refractivity contribution in [2.75, 3.05) is 7.11 Å². The highest BCUT2D eigenvalue weighted by atomic mass is 79.9. The Balaban J connectivity index is 2.22. The molecule has 3 nitrogen and oxygen atoms in total. The van der Waals surface area contributed by atoms with Crippen LogP contribution < -0.4 is 4.74 Å². The number of ketones is 1. The standard InChI is InChI=1S/C17H12BrF3O3/c1-24-16-8-11(13(18)9-15(16)23)4-7-14(22)10-2-5-12(6-3-10)17(19,20)21/h2-9,23H,1H3/b7-4+. The summed E-state index contributed by atoms with van der Waals surface area (Å²) < 4.78 is 43.0. The lowest BCUT2D eigenvalue weighted by Crippen LogP contribution is -2.05. The van der Waals surface area contributed by atoms with Crippen LogP contribution in [0.2, 0.25) is 0 Å². The molecule has 0 unspecified atom stereocenters. The van der Waals surface area contributed by atoms with Crippen LogP contribution in [-0.4, -0.2) is 18.0 Å². The Hall–Kier alpha value is -2.28. The van der Waals surface area contributed by atoms with Gasteiger partial charge in [0.2, 0.25) is 0 Å². The number of allylic oxidation sites excluding steroid dienone is 1. The highest BCUT2D eigenvalue weighted by molar-refractivity contribution is 9.10. The number of methoxy groups -OCH3 is 1. The van der Waals surface area contributed by atoms with E-state index in [0.717, 1.165) is 24.3 Å². The first-order valence-electron chi connectivity index (χ1n) is 6.68. The first-order valence-corrected chi connectivity index (χ1v) is 7.48. The van der Waals surface area contributed by atoms with Crippen LogP contribution in [0.15, 0.2) is 46.9 Å². The minimum absolute atomic E-state index is 0.0596. The predicted molar refractivity (Wildman–Crippen MR) is 87.2 cm³/mol. The van der Waals surface area contributed by atoms with Crippen molar-refractivity contribution in [2.24, 2.45) is 0 Å². The smallest absolute Gasteiger partial charge is 0.416 e. The van der Waals surface area contributed by atoms with Crippen molar-refractivity contribution in [3.05, 3.63) is 63.6 Å². The number of hydrogen-bond donors (Lipinski definition) is 1. The SMILES string of the molecule is COc1cc(/C=C/C(=O)c2ccc(C(F)(F)F)cc2)c(Br)cc1O. The van der Waals surface area contributed by atoms with Crippen molar-refractivity contribution in [1.29, 1.82) is 0 Å². The first kappa shape index (κ1) is 18.1. The topological polar surface area (TPSA) is 46.5 Å². The number of phenols is 1. The summed E-state index contributed by atoms with van der Waals surface area (Å²) in [5, 5.41) is 9.62. The minimum atomic E-state index is -4.44. The number of carbonyl (C=O) groups is 1. The molecule has 0 aliphatic heterocycles. The lowest BCUT2D eigenvalue weighted by atomic mass is 10.1. The van der Waals surface area contributed by atoms with Gasteiger partial charge in [0.25, 0.3) is 0 Å². The van der Waals surface area contributed by atoms with Gasteiger partial charge in [-0.15, -0.1) is 0 Å². The molecule has 0 saturated carbocycles. The van der Waals surface area contributed by atoms with E-state index in [2.05, 4.69) is 15.9 Å². The van der Waals surface area contributed by atoms with Gasteiger partial charge in [0.05, 0.1) is 12.7 Å². The molecule has 2 rings (SSSR count). The normalized spacial score (nSPS) is 11.7. The van der Waals surface area contributed by atoms with E-state index in [1.165, 1.54) is 31.4 Å². The van der Waals surface area contributed by atoms with Crippen LogP contribution in [0.4, 0.5) is 13.2 Å². The van der Waals surface area contributed by atoms with E-state index < -0.39 is 17.5 Å². The van der Waals surface area contributed by atoms with Crippen LogP contribution in [0.3, 0.4) is 0 Å². The molecule has 24 heavy (non-hydrogen) atoms. The fraction of sp³-hybridized carbons (Fsp3) is 0.118. The predicted octanol–water partition coefficient (Wildman–Crippen LogP) is 5.08. The van der Waals surface area contributed by atoms with Crippen molar-refractivity contribution in [3.8, 4) is 11.5 Å². The second-order valence-electron chi connectivity index (χ2n) is 4.82. The van der Waals surface area contributed by atoms with Crippen LogP contribution in [0.1, 0.15) is 21.5 Å². The van der Waals surface area contributed by atoms with Gasteiger partial charge in [-0.2, -0.15) is 13.2 Å². The van der Waals surface area contributed by atoms with E-state index in [1.54, 1.807) is 0 Å². The summed E-state index contributed by atoms with van der Waals surface area (Å²) in [6, 6.07) is 6.92. The average molecular weight is 401 g/mol. The zero-order valence-corrected chi connectivity index (χ0v) is 14.0. The maximum absolute atomic E-state index is 12.5. The second kappa shape index (κ2) is 7.09. The molecule has 0 atom stereocenters. The van der Waals surface area contributed by atoms with Crippen LogP contribution in [-0.2, 0) is 6.18 Å². The summed E-state index contributed by atoms with van der Waals surface area (Å²) in [7, 11) is 1.39. The van der Waals surface area contributed by atoms with Gasteiger partial charge in [0, 0.05) is 10.0 Å². The number of carbonyl (C=O) groups excluding carboxylic acids is 1. The Kier molecular flexibility index (Phi) is 5.33. The first-order chi connectivity index (χ1) is 11.2. The van der Waals surface area contributed by atoms with Gasteiger partial charge in [0.15, 0.2) is 17.3 Å². The van der Waals surface area contributed by atoms with Gasteiger partial charge >= 0.3 is 6.18 Å². The number of ether oxygens (including phenoxy) is 1. The molecule has 7 heteroatoms. The van der Waals surface area contributed by atoms with Crippen molar-refractivity contribution < 1.29 is 27.8 Å². The molecule has 0 aliphatic carbocycles. The van der Waals surface area contributed by atoms with E-state index in [1.807, 2.05) is 0 Å². The molecule has 0 aliphatic rings. The Labute approximate surface area is 144 Å². The third-order valence-electron chi connectivity index (χ3n) is 3.21. The molecular weight excluding hydrogens is 389 g/mol. The third kappa shape index (κ3) is 4.17. The fourth-order valence-corrected chi connectivity index (χ4v) is 2.40. The van der Waals surface area contributed by atoms with Gasteiger partial charge in [0.1, 0.15) is 0 Å². The van der Waals surface area contributed by atoms with E-state index in [0.29, 0.717) is 10.0 Å². The molecule has 0 heterocycles. The summed E-state index contributed by atoms with van der Waals surface area (Å²) in [6.07, 6.45) is -1.73. The van der Waals surface area contributed by atoms with Crippen molar-refractivity contribution in [3.63, 3.8) is 0 Å². The zero-order chi connectivity index (χ0) is 17.9. The summed E-state index contributed by atoms with van der Waals surface area (Å²) in [5.74, 6) is -0.266. The van der Waals surface area contributed by atoms with E-state index in [9.17, 15) is 23.1 Å². The quantitative estimate of drug-likeness (QED) is 0.574. The number of aromatic hydroxyl groups is 1. The van der Waals surface area contributed by atoms with Gasteiger partial charge in [-0.05, 0) is 42.0 Å². The number of alkyl halides is 3. The Morgan fingerprint density at radius 2 is 1.83 bits per heavy atom. The molecule has 2 aromatic rings. The molecule has 0 fully saturated rings. The number of rotatable bonds is 4. The number of hydrogen-bond acceptors (Lipinski definition) is 3. The monoisotopic (exact) mass is 400 g/mol. The lowest BCUT2D eigenvalue weighted by molar-refractivity contribution is -0.137. The highest BCUT2D eigenvalue weighted by Crippen LogP contribution is 2.33. The minimum Gasteiger partial charge on any atom is -0.504 e. The van der Waals surface area contributed by atoms with Crippen molar-refractivity contribution in [2.45, 2.75) is 6.18 Å². The summed E-state index contributed by atoms with van der Waals surface area (Å²) in [4.78, 5) is 12.0. The van der Waals surface area contributed by atoms with E-state index in [-0.39, 0.29) is 17.1 Å². The Morgan fingerprint density at radius 3 is 2.38 bits per heavy atom. The van der Waals surface area contributed by atoms with Gasteiger partial charge in [-0.3, -0.25) is 4.79 Å². The number of benzene rings is 2. The van der Waals surface area contributed by atoms with Gasteiger partial charge in [-0.25, -0.2) is 0 Å². The molecule has 0 aromatic heterocycles. The lowest BCUT2D eigenvalue weighted by Gasteiger charge is -2.07. The molecule has 0 saturated heterocycles. The van der Waals surface area contributed by atoms with Crippen LogP contribution >= 0.6 is 15.9 Å². The molecule has 0 radical (unpaired) electrons. The molecule has 0 spiro atoms. The maximum Gasteiger partial charge on any atom is 0.416 e. The van der Waals surface area contributed by atoms with Crippen molar-refractivity contribution in [1.82, 2.24) is 0 Å². The van der Waals surface area contributed by atoms with Crippen LogP contribution in [0, 0.1) is 0 Å². The van der Waals surface area contributed by atoms with Gasteiger partial charge in [-0.1, -0.05) is 28.1 Å². The molecule has 2 aromatic carbocycles. The second-order valence-corrected chi connectivity index (χ2v) is 5.67. The maximum atomic E-state index is 12.5. The third-order valence-corrected chi connectivity index (χ3v) is 3.90. The summed E-state index contributed by atoms with van der Waals surface area (Å²) in [6.45, 7) is 0. The van der Waals surface area contributed by atoms with Crippen LogP contribution in [0.5, 0.6) is 11.5 Å². The van der Waals surface area contributed by atoms with E-state index in [4.69, 9.17) is 4.74 Å². The molecular formula is C17H12BrF3O3. The van der Waals surface area contributed by atoms with Crippen LogP contribution in [0.25, 0.3) is 6.08 Å². The Morgan fingerprint density at radius 1 is 1.21 bits per heavy atom. The van der Waals surface area contributed by atoms with Gasteiger partial charge < -0.3 is 9.84 Å². The average Bonchev–Trinajstić information content (AvgIpc) is 2.53. The highest BCUT2D eigenvalue weighted by Gasteiger charge is 2.30. The zero-order valence-electron chi connectivity index (χ0n) is 12.4. The molecule has 126 valence electrons. The molecule has 1 N–H and O–H groups in total. The van der Waals surface area contributed by atoms with E-state index >= 15 is 0 Å². The molecule has 0 amide bonds. The number of halogens is 4. The Bertz CT molecular complexity index is 781.